The summed E-state index contributed by atoms with van der Waals surface area (Å²) in [4.78, 5) is 12.7. The summed E-state index contributed by atoms with van der Waals surface area (Å²) < 4.78 is 28.8. The zero-order valence-electron chi connectivity index (χ0n) is 13.2. The van der Waals surface area contributed by atoms with Gasteiger partial charge in [0.15, 0.2) is 5.78 Å². The van der Waals surface area contributed by atoms with E-state index in [4.69, 9.17) is 5.26 Å². The summed E-state index contributed by atoms with van der Waals surface area (Å²) in [5, 5.41) is 9.57. The normalized spacial score (nSPS) is 10.8. The van der Waals surface area contributed by atoms with Crippen LogP contribution in [-0.4, -0.2) is 16.1 Å². The van der Waals surface area contributed by atoms with Crippen molar-refractivity contribution in [3.8, 4) is 6.07 Å². The Morgan fingerprint density at radius 2 is 2.00 bits per heavy atom. The molecule has 0 atom stereocenters. The predicted octanol–water partition coefficient (Wildman–Crippen LogP) is 4.81. The van der Waals surface area contributed by atoms with Crippen molar-refractivity contribution in [3.63, 3.8) is 0 Å². The molecule has 3 nitrogen and oxygen atoms in total. The lowest BCUT2D eigenvalue weighted by Gasteiger charge is -2.03. The Kier molecular flexibility index (Phi) is 5.15. The van der Waals surface area contributed by atoms with E-state index in [1.807, 2.05) is 28.8 Å². The SMILES string of the molecule is N#CCCn1cc(C(=O)CSc2cc(F)ccc2F)c2ccccc21. The third kappa shape index (κ3) is 3.72. The minimum Gasteiger partial charge on any atom is -0.346 e. The van der Waals surface area contributed by atoms with Crippen LogP contribution in [0.25, 0.3) is 10.9 Å². The minimum absolute atomic E-state index is 0.00658. The standard InChI is InChI=1S/C19H14F2N2OS/c20-13-6-7-16(21)19(10-13)25-12-18(24)15-11-23(9-3-8-22)17-5-2-1-4-14(15)17/h1-2,4-7,10-11H,3,9,12H2. The maximum atomic E-state index is 13.7. The number of nitriles is 1. The van der Waals surface area contributed by atoms with Crippen LogP contribution in [0.15, 0.2) is 53.6 Å². The number of hydrogen-bond acceptors (Lipinski definition) is 3. The van der Waals surface area contributed by atoms with Crippen molar-refractivity contribution < 1.29 is 13.6 Å². The average molecular weight is 356 g/mol. The van der Waals surface area contributed by atoms with Gasteiger partial charge in [-0.15, -0.1) is 11.8 Å². The highest BCUT2D eigenvalue weighted by Crippen LogP contribution is 2.27. The van der Waals surface area contributed by atoms with E-state index in [9.17, 15) is 13.6 Å². The molecule has 3 rings (SSSR count). The first-order valence-corrected chi connectivity index (χ1v) is 8.64. The predicted molar refractivity (Wildman–Crippen MR) is 93.6 cm³/mol. The van der Waals surface area contributed by atoms with Gasteiger partial charge in [-0.2, -0.15) is 5.26 Å². The first-order chi connectivity index (χ1) is 12.1. The minimum atomic E-state index is -0.546. The fourth-order valence-electron chi connectivity index (χ4n) is 2.63. The molecule has 0 spiro atoms. The molecule has 0 aliphatic carbocycles. The van der Waals surface area contributed by atoms with Gasteiger partial charge in [-0.25, -0.2) is 8.78 Å². The van der Waals surface area contributed by atoms with Gasteiger partial charge in [0.25, 0.3) is 0 Å². The molecule has 6 heteroatoms. The largest absolute Gasteiger partial charge is 0.346 e. The molecule has 0 bridgehead atoms. The van der Waals surface area contributed by atoms with Crippen LogP contribution in [0.1, 0.15) is 16.8 Å². The van der Waals surface area contributed by atoms with Crippen molar-refractivity contribution in [2.24, 2.45) is 0 Å². The van der Waals surface area contributed by atoms with Crippen LogP contribution in [0.4, 0.5) is 8.78 Å². The summed E-state index contributed by atoms with van der Waals surface area (Å²) in [7, 11) is 0. The lowest BCUT2D eigenvalue weighted by atomic mass is 10.1. The molecular formula is C19H14F2N2OS. The number of para-hydroxylation sites is 1. The second-order valence-corrected chi connectivity index (χ2v) is 6.47. The van der Waals surface area contributed by atoms with Crippen LogP contribution in [0, 0.1) is 23.0 Å². The molecule has 2 aromatic carbocycles. The first kappa shape index (κ1) is 17.2. The van der Waals surface area contributed by atoms with Gasteiger partial charge in [-0.3, -0.25) is 4.79 Å². The molecule has 0 aliphatic heterocycles. The quantitative estimate of drug-likeness (QED) is 0.470. The Morgan fingerprint density at radius 3 is 2.80 bits per heavy atom. The molecule has 126 valence electrons. The smallest absolute Gasteiger partial charge is 0.175 e. The fraction of sp³-hybridized carbons (Fsp3) is 0.158. The third-order valence-corrected chi connectivity index (χ3v) is 4.84. The van der Waals surface area contributed by atoms with Crippen LogP contribution in [0.3, 0.4) is 0 Å². The summed E-state index contributed by atoms with van der Waals surface area (Å²) in [6.07, 6.45) is 2.07. The second kappa shape index (κ2) is 7.49. The number of aryl methyl sites for hydroxylation is 1. The van der Waals surface area contributed by atoms with Crippen molar-refractivity contribution in [3.05, 3.63) is 65.9 Å². The maximum absolute atomic E-state index is 13.7. The molecule has 0 aliphatic rings. The summed E-state index contributed by atoms with van der Waals surface area (Å²) in [5.41, 5.74) is 1.40. The zero-order valence-corrected chi connectivity index (χ0v) is 14.0. The van der Waals surface area contributed by atoms with Gasteiger partial charge >= 0.3 is 0 Å². The number of nitrogens with zero attached hydrogens (tertiary/aromatic N) is 2. The fourth-order valence-corrected chi connectivity index (χ4v) is 3.48. The monoisotopic (exact) mass is 356 g/mol. The van der Waals surface area contributed by atoms with E-state index >= 15 is 0 Å². The summed E-state index contributed by atoms with van der Waals surface area (Å²) in [5.74, 6) is -1.24. The highest BCUT2D eigenvalue weighted by Gasteiger charge is 2.16. The number of carbonyl (C=O) groups is 1. The highest BCUT2D eigenvalue weighted by atomic mass is 32.2. The Hall–Kier alpha value is -2.65. The van der Waals surface area contributed by atoms with Gasteiger partial charge in [0.1, 0.15) is 11.6 Å². The molecule has 0 fully saturated rings. The molecule has 0 amide bonds. The number of aromatic nitrogens is 1. The number of Topliss-reactive ketones (excluding diaryl/α,β-unsaturated/α-hetero) is 1. The number of thioether (sulfide) groups is 1. The van der Waals surface area contributed by atoms with Crippen LogP contribution in [0.2, 0.25) is 0 Å². The first-order valence-electron chi connectivity index (χ1n) is 7.66. The number of rotatable bonds is 6. The van der Waals surface area contributed by atoms with E-state index in [1.54, 1.807) is 6.20 Å². The summed E-state index contributed by atoms with van der Waals surface area (Å²) in [6.45, 7) is 0.496. The Labute approximate surface area is 147 Å². The molecule has 0 radical (unpaired) electrons. The van der Waals surface area contributed by atoms with Gasteiger partial charge < -0.3 is 4.57 Å². The van der Waals surface area contributed by atoms with Crippen LogP contribution < -0.4 is 0 Å². The highest BCUT2D eigenvalue weighted by molar-refractivity contribution is 8.00. The number of fused-ring (bicyclic) bond motifs is 1. The van der Waals surface area contributed by atoms with Gasteiger partial charge in [-0.05, 0) is 24.3 Å². The van der Waals surface area contributed by atoms with Gasteiger partial charge in [0, 0.05) is 34.1 Å². The molecule has 1 aromatic heterocycles. The third-order valence-electron chi connectivity index (χ3n) is 3.81. The average Bonchev–Trinajstić information content (AvgIpc) is 2.99. The van der Waals surface area contributed by atoms with Crippen molar-refractivity contribution in [2.75, 3.05) is 5.75 Å². The maximum Gasteiger partial charge on any atom is 0.175 e. The van der Waals surface area contributed by atoms with E-state index in [-0.39, 0.29) is 16.4 Å². The lowest BCUT2D eigenvalue weighted by Crippen LogP contribution is -2.02. The van der Waals surface area contributed by atoms with E-state index in [2.05, 4.69) is 6.07 Å². The van der Waals surface area contributed by atoms with Gasteiger partial charge in [-0.1, -0.05) is 18.2 Å². The van der Waals surface area contributed by atoms with E-state index in [0.717, 1.165) is 40.9 Å². The van der Waals surface area contributed by atoms with Crippen LogP contribution >= 0.6 is 11.8 Å². The van der Waals surface area contributed by atoms with Crippen molar-refractivity contribution in [1.29, 1.82) is 5.26 Å². The van der Waals surface area contributed by atoms with E-state index in [0.29, 0.717) is 18.5 Å². The molecular weight excluding hydrogens is 342 g/mol. The second-order valence-electron chi connectivity index (χ2n) is 5.45. The molecule has 25 heavy (non-hydrogen) atoms. The Morgan fingerprint density at radius 1 is 1.20 bits per heavy atom. The summed E-state index contributed by atoms with van der Waals surface area (Å²) >= 11 is 0.974. The molecule has 3 aromatic rings. The number of halogens is 2. The molecule has 0 unspecified atom stereocenters. The van der Waals surface area contributed by atoms with Crippen molar-refractivity contribution in [2.45, 2.75) is 17.9 Å². The van der Waals surface area contributed by atoms with Gasteiger partial charge in [0.05, 0.1) is 18.2 Å². The lowest BCUT2D eigenvalue weighted by molar-refractivity contribution is 0.102. The van der Waals surface area contributed by atoms with E-state index < -0.39 is 11.6 Å². The summed E-state index contributed by atoms with van der Waals surface area (Å²) in [6, 6.07) is 12.7. The number of ketones is 1. The molecule has 0 saturated heterocycles. The number of carbonyl (C=O) groups excluding carboxylic acids is 1. The number of hydrogen-bond donors (Lipinski definition) is 0. The van der Waals surface area contributed by atoms with Crippen LogP contribution in [0.5, 0.6) is 0 Å². The topological polar surface area (TPSA) is 45.8 Å². The molecule has 0 N–H and O–H groups in total. The van der Waals surface area contributed by atoms with Gasteiger partial charge in [0.2, 0.25) is 0 Å². The number of benzene rings is 2. The Balaban J connectivity index is 1.85. The van der Waals surface area contributed by atoms with E-state index in [1.165, 1.54) is 0 Å². The molecule has 1 heterocycles. The Bertz CT molecular complexity index is 975. The van der Waals surface area contributed by atoms with Crippen molar-refractivity contribution in [1.82, 2.24) is 4.57 Å². The van der Waals surface area contributed by atoms with Crippen molar-refractivity contribution >= 4 is 28.4 Å². The zero-order chi connectivity index (χ0) is 17.8. The van der Waals surface area contributed by atoms with Crippen LogP contribution in [-0.2, 0) is 6.54 Å². The molecule has 0 saturated carbocycles.